The maximum Gasteiger partial charge on any atom is 0.137 e. The lowest BCUT2D eigenvalue weighted by Crippen LogP contribution is -2.13. The fraction of sp³-hybridized carbons (Fsp3) is 0.429. The molecule has 0 spiro atoms. The van der Waals surface area contributed by atoms with Crippen molar-refractivity contribution in [1.29, 1.82) is 0 Å². The molecule has 0 saturated heterocycles. The number of nitrogens with one attached hydrogen (secondary N) is 1. The highest BCUT2D eigenvalue weighted by Crippen LogP contribution is 2.23. The summed E-state index contributed by atoms with van der Waals surface area (Å²) in [4.78, 5) is 8.51. The predicted molar refractivity (Wildman–Crippen MR) is 77.1 cm³/mol. The average molecular weight is 264 g/mol. The zero-order valence-corrected chi connectivity index (χ0v) is 11.8. The Balaban J connectivity index is 2.18. The monoisotopic (exact) mass is 263 g/mol. The number of benzene rings is 1. The molecule has 4 heteroatoms. The van der Waals surface area contributed by atoms with Crippen LogP contribution in [0.2, 0.25) is 5.02 Å². The van der Waals surface area contributed by atoms with Crippen LogP contribution >= 0.6 is 11.6 Å². The van der Waals surface area contributed by atoms with Crippen LogP contribution in [0.4, 0.5) is 5.82 Å². The zero-order chi connectivity index (χ0) is 13.2. The van der Waals surface area contributed by atoms with E-state index in [4.69, 9.17) is 11.6 Å². The smallest absolute Gasteiger partial charge is 0.137 e. The van der Waals surface area contributed by atoms with E-state index >= 15 is 0 Å². The van der Waals surface area contributed by atoms with E-state index in [-0.39, 0.29) is 0 Å². The van der Waals surface area contributed by atoms with E-state index in [0.29, 0.717) is 10.4 Å². The van der Waals surface area contributed by atoms with Crippen molar-refractivity contribution in [3.63, 3.8) is 0 Å². The molecular weight excluding hydrogens is 246 g/mol. The first kappa shape index (κ1) is 13.1. The van der Waals surface area contributed by atoms with Crippen LogP contribution in [0.25, 0.3) is 10.9 Å². The molecule has 0 atom stereocenters. The molecule has 1 aromatic carbocycles. The Morgan fingerprint density at radius 1 is 1.22 bits per heavy atom. The molecule has 18 heavy (non-hydrogen) atoms. The van der Waals surface area contributed by atoms with Crippen molar-refractivity contribution in [2.45, 2.75) is 27.2 Å². The molecule has 0 aliphatic carbocycles. The minimum absolute atomic E-state index is 0.319. The fourth-order valence-electron chi connectivity index (χ4n) is 1.73. The van der Waals surface area contributed by atoms with Crippen molar-refractivity contribution in [3.8, 4) is 0 Å². The van der Waals surface area contributed by atoms with Crippen molar-refractivity contribution < 1.29 is 0 Å². The summed E-state index contributed by atoms with van der Waals surface area (Å²) in [6.45, 7) is 7.59. The summed E-state index contributed by atoms with van der Waals surface area (Å²) in [5.74, 6) is 0.876. The molecule has 0 saturated carbocycles. The topological polar surface area (TPSA) is 37.8 Å². The summed E-state index contributed by atoms with van der Waals surface area (Å²) < 4.78 is 0. The van der Waals surface area contributed by atoms with Crippen molar-refractivity contribution in [2.24, 2.45) is 5.41 Å². The molecule has 0 amide bonds. The Labute approximate surface area is 113 Å². The van der Waals surface area contributed by atoms with Gasteiger partial charge in [-0.25, -0.2) is 9.97 Å². The molecule has 1 heterocycles. The van der Waals surface area contributed by atoms with Crippen molar-refractivity contribution in [3.05, 3.63) is 29.5 Å². The SMILES string of the molecule is CC(C)(C)CCNc1ncnc2cc(Cl)ccc12. The van der Waals surface area contributed by atoms with Crippen LogP contribution in [0.1, 0.15) is 27.2 Å². The lowest BCUT2D eigenvalue weighted by molar-refractivity contribution is 0.389. The largest absolute Gasteiger partial charge is 0.369 e. The van der Waals surface area contributed by atoms with E-state index in [2.05, 4.69) is 36.1 Å². The van der Waals surface area contributed by atoms with Gasteiger partial charge in [0.05, 0.1) is 5.52 Å². The van der Waals surface area contributed by atoms with Gasteiger partial charge in [0, 0.05) is 17.0 Å². The van der Waals surface area contributed by atoms with E-state index in [9.17, 15) is 0 Å². The quantitative estimate of drug-likeness (QED) is 0.905. The van der Waals surface area contributed by atoms with Gasteiger partial charge < -0.3 is 5.32 Å². The van der Waals surface area contributed by atoms with Gasteiger partial charge in [-0.2, -0.15) is 0 Å². The third-order valence-electron chi connectivity index (χ3n) is 2.77. The molecule has 0 aliphatic heterocycles. The van der Waals surface area contributed by atoms with Crippen LogP contribution in [0, 0.1) is 5.41 Å². The molecule has 2 rings (SSSR count). The summed E-state index contributed by atoms with van der Waals surface area (Å²) in [7, 11) is 0. The summed E-state index contributed by atoms with van der Waals surface area (Å²) in [6, 6.07) is 5.67. The molecule has 0 fully saturated rings. The van der Waals surface area contributed by atoms with Gasteiger partial charge in [0.2, 0.25) is 0 Å². The van der Waals surface area contributed by atoms with Crippen LogP contribution in [-0.4, -0.2) is 16.5 Å². The Hall–Kier alpha value is -1.35. The Morgan fingerprint density at radius 2 is 2.00 bits per heavy atom. The zero-order valence-electron chi connectivity index (χ0n) is 11.0. The van der Waals surface area contributed by atoms with E-state index in [0.717, 1.165) is 29.7 Å². The third-order valence-corrected chi connectivity index (χ3v) is 3.00. The van der Waals surface area contributed by atoms with Gasteiger partial charge in [0.25, 0.3) is 0 Å². The normalized spacial score (nSPS) is 11.8. The second-order valence-corrected chi connectivity index (χ2v) is 6.06. The number of nitrogens with zero attached hydrogens (tertiary/aromatic N) is 2. The standard InChI is InChI=1S/C14H18ClN3/c1-14(2,3)6-7-16-13-11-5-4-10(15)8-12(11)17-9-18-13/h4-5,8-9H,6-7H2,1-3H3,(H,16,17,18). The third kappa shape index (κ3) is 3.33. The average Bonchev–Trinajstić information content (AvgIpc) is 2.27. The van der Waals surface area contributed by atoms with E-state index in [1.54, 1.807) is 6.33 Å². The highest BCUT2D eigenvalue weighted by molar-refractivity contribution is 6.31. The van der Waals surface area contributed by atoms with Gasteiger partial charge in [-0.05, 0) is 30.0 Å². The molecule has 96 valence electrons. The fourth-order valence-corrected chi connectivity index (χ4v) is 1.89. The number of rotatable bonds is 3. The second-order valence-electron chi connectivity index (χ2n) is 5.62. The summed E-state index contributed by atoms with van der Waals surface area (Å²) in [5, 5.41) is 5.08. The summed E-state index contributed by atoms with van der Waals surface area (Å²) in [5.41, 5.74) is 1.19. The first-order valence-corrected chi connectivity index (χ1v) is 6.48. The van der Waals surface area contributed by atoms with E-state index < -0.39 is 0 Å². The van der Waals surface area contributed by atoms with Gasteiger partial charge >= 0.3 is 0 Å². The van der Waals surface area contributed by atoms with E-state index in [1.807, 2.05) is 18.2 Å². The van der Waals surface area contributed by atoms with Gasteiger partial charge in [-0.15, -0.1) is 0 Å². The molecule has 0 radical (unpaired) electrons. The first-order valence-electron chi connectivity index (χ1n) is 6.10. The van der Waals surface area contributed by atoms with Gasteiger partial charge in [-0.3, -0.25) is 0 Å². The van der Waals surface area contributed by atoms with Crippen LogP contribution < -0.4 is 5.32 Å². The lowest BCUT2D eigenvalue weighted by atomic mass is 9.92. The molecular formula is C14H18ClN3. The minimum Gasteiger partial charge on any atom is -0.369 e. The minimum atomic E-state index is 0.319. The lowest BCUT2D eigenvalue weighted by Gasteiger charge is -2.18. The first-order chi connectivity index (χ1) is 8.46. The van der Waals surface area contributed by atoms with Gasteiger partial charge in [0.1, 0.15) is 12.1 Å². The van der Waals surface area contributed by atoms with Crippen LogP contribution in [0.5, 0.6) is 0 Å². The van der Waals surface area contributed by atoms with Crippen molar-refractivity contribution >= 4 is 28.3 Å². The predicted octanol–water partition coefficient (Wildman–Crippen LogP) is 4.13. The molecule has 2 aromatic rings. The molecule has 0 unspecified atom stereocenters. The molecule has 0 bridgehead atoms. The van der Waals surface area contributed by atoms with Crippen molar-refractivity contribution in [1.82, 2.24) is 9.97 Å². The Morgan fingerprint density at radius 3 is 2.72 bits per heavy atom. The summed E-state index contributed by atoms with van der Waals surface area (Å²) in [6.07, 6.45) is 2.66. The molecule has 0 aliphatic rings. The van der Waals surface area contributed by atoms with Gasteiger partial charge in [0.15, 0.2) is 0 Å². The maximum absolute atomic E-state index is 5.95. The highest BCUT2D eigenvalue weighted by atomic mass is 35.5. The number of hydrogen-bond donors (Lipinski definition) is 1. The highest BCUT2D eigenvalue weighted by Gasteiger charge is 2.10. The second kappa shape index (κ2) is 5.11. The van der Waals surface area contributed by atoms with E-state index in [1.165, 1.54) is 0 Å². The van der Waals surface area contributed by atoms with Gasteiger partial charge in [-0.1, -0.05) is 32.4 Å². The summed E-state index contributed by atoms with van der Waals surface area (Å²) >= 11 is 5.95. The molecule has 1 N–H and O–H groups in total. The van der Waals surface area contributed by atoms with Crippen LogP contribution in [-0.2, 0) is 0 Å². The molecule has 1 aromatic heterocycles. The number of hydrogen-bond acceptors (Lipinski definition) is 3. The number of fused-ring (bicyclic) bond motifs is 1. The number of aromatic nitrogens is 2. The van der Waals surface area contributed by atoms with Crippen molar-refractivity contribution in [2.75, 3.05) is 11.9 Å². The number of anilines is 1. The Bertz CT molecular complexity index is 546. The Kier molecular flexibility index (Phi) is 3.71. The van der Waals surface area contributed by atoms with Crippen LogP contribution in [0.3, 0.4) is 0 Å². The molecule has 3 nitrogen and oxygen atoms in total. The number of halogens is 1. The maximum atomic E-state index is 5.95. The van der Waals surface area contributed by atoms with Crippen LogP contribution in [0.15, 0.2) is 24.5 Å².